The number of aromatic nitrogens is 1. The van der Waals surface area contributed by atoms with Crippen molar-refractivity contribution >= 4 is 11.9 Å². The van der Waals surface area contributed by atoms with E-state index in [1.807, 2.05) is 0 Å². The van der Waals surface area contributed by atoms with Crippen molar-refractivity contribution in [1.82, 2.24) is 10.3 Å². The van der Waals surface area contributed by atoms with E-state index in [-0.39, 0.29) is 18.8 Å². The molecule has 0 fully saturated rings. The molecular weight excluding hydrogens is 333 g/mol. The van der Waals surface area contributed by atoms with E-state index >= 15 is 0 Å². The maximum absolute atomic E-state index is 12.1. The number of hydrogen-bond donors (Lipinski definition) is 2. The van der Waals surface area contributed by atoms with Crippen molar-refractivity contribution in [2.45, 2.75) is 12.2 Å². The number of rotatable bonds is 9. The van der Waals surface area contributed by atoms with Gasteiger partial charge in [0.1, 0.15) is 0 Å². The number of ether oxygens (including phenoxy) is 2. The van der Waals surface area contributed by atoms with E-state index < -0.39 is 36.6 Å². The van der Waals surface area contributed by atoms with E-state index in [1.165, 1.54) is 12.1 Å². The van der Waals surface area contributed by atoms with E-state index in [4.69, 9.17) is 9.84 Å². The number of carboxylic acids is 1. The normalized spacial score (nSPS) is 12.3. The summed E-state index contributed by atoms with van der Waals surface area (Å²) in [4.78, 5) is 26.6. The van der Waals surface area contributed by atoms with Crippen LogP contribution in [-0.4, -0.2) is 54.0 Å². The molecule has 1 aromatic rings. The van der Waals surface area contributed by atoms with Gasteiger partial charge in [-0.05, 0) is 6.07 Å². The van der Waals surface area contributed by atoms with Gasteiger partial charge >= 0.3 is 12.1 Å². The first-order chi connectivity index (χ1) is 11.2. The first kappa shape index (κ1) is 19.4. The lowest BCUT2D eigenvalue weighted by atomic mass is 10.2. The highest BCUT2D eigenvalue weighted by Crippen LogP contribution is 2.17. The number of nitrogens with zero attached hydrogens (tertiary/aromatic N) is 1. The summed E-state index contributed by atoms with van der Waals surface area (Å²) in [6.07, 6.45) is -2.06. The molecule has 0 saturated heterocycles. The molecule has 1 amide bonds. The molecule has 0 aliphatic carbocycles. The van der Waals surface area contributed by atoms with Gasteiger partial charge in [-0.3, -0.25) is 4.79 Å². The van der Waals surface area contributed by atoms with Crippen LogP contribution < -0.4 is 10.1 Å². The first-order valence-corrected chi connectivity index (χ1v) is 6.61. The van der Waals surface area contributed by atoms with Gasteiger partial charge in [-0.25, -0.2) is 9.78 Å². The molecule has 7 nitrogen and oxygen atoms in total. The molecule has 24 heavy (non-hydrogen) atoms. The lowest BCUT2D eigenvalue weighted by Crippen LogP contribution is -2.44. The Bertz CT molecular complexity index is 592. The van der Waals surface area contributed by atoms with Crippen LogP contribution in [0.2, 0.25) is 0 Å². The molecule has 2 N–H and O–H groups in total. The Labute approximate surface area is 135 Å². The van der Waals surface area contributed by atoms with Crippen LogP contribution in [-0.2, 0) is 9.53 Å². The topological polar surface area (TPSA) is 97.8 Å². The van der Waals surface area contributed by atoms with Crippen LogP contribution in [0.4, 0.5) is 13.2 Å². The van der Waals surface area contributed by atoms with Gasteiger partial charge in [-0.2, -0.15) is 13.2 Å². The predicted octanol–water partition coefficient (Wildman–Crippen LogP) is 1.41. The van der Waals surface area contributed by atoms with Crippen molar-refractivity contribution < 1.29 is 37.3 Å². The lowest BCUT2D eigenvalue weighted by molar-refractivity contribution is -0.154. The molecule has 0 saturated carbocycles. The summed E-state index contributed by atoms with van der Waals surface area (Å²) >= 11 is 0. The van der Waals surface area contributed by atoms with E-state index in [0.717, 1.165) is 12.3 Å². The molecule has 0 aliphatic rings. The molecule has 1 rings (SSSR count). The second-order valence-electron chi connectivity index (χ2n) is 4.48. The molecule has 1 atom stereocenters. The molecule has 1 heterocycles. The van der Waals surface area contributed by atoms with Crippen LogP contribution in [0.5, 0.6) is 5.88 Å². The Morgan fingerprint density at radius 3 is 2.75 bits per heavy atom. The zero-order valence-corrected chi connectivity index (χ0v) is 12.4. The minimum absolute atomic E-state index is 0.0999. The summed E-state index contributed by atoms with van der Waals surface area (Å²) in [7, 11) is 0. The Morgan fingerprint density at radius 2 is 2.17 bits per heavy atom. The molecule has 0 spiro atoms. The van der Waals surface area contributed by atoms with Crippen LogP contribution in [0.3, 0.4) is 0 Å². The van der Waals surface area contributed by atoms with Crippen molar-refractivity contribution in [3.05, 3.63) is 36.5 Å². The summed E-state index contributed by atoms with van der Waals surface area (Å²) < 4.78 is 45.7. The van der Waals surface area contributed by atoms with Crippen molar-refractivity contribution in [2.75, 3.05) is 19.8 Å². The third-order valence-corrected chi connectivity index (χ3v) is 2.50. The maximum Gasteiger partial charge on any atom is 0.422 e. The third-order valence-electron chi connectivity index (χ3n) is 2.50. The van der Waals surface area contributed by atoms with Crippen molar-refractivity contribution in [3.8, 4) is 5.88 Å². The Hall–Kier alpha value is -2.62. The van der Waals surface area contributed by atoms with Crippen LogP contribution >= 0.6 is 0 Å². The number of carbonyl (C=O) groups excluding carboxylic acids is 1. The number of alkyl halides is 3. The van der Waals surface area contributed by atoms with Crippen LogP contribution in [0, 0.1) is 0 Å². The number of carboxylic acid groups (broad SMARTS) is 1. The minimum atomic E-state index is -4.54. The number of pyridine rings is 1. The number of aliphatic carboxylic acids is 1. The fourth-order valence-corrected chi connectivity index (χ4v) is 1.47. The van der Waals surface area contributed by atoms with Gasteiger partial charge in [0.15, 0.2) is 12.6 Å². The van der Waals surface area contributed by atoms with Gasteiger partial charge in [0, 0.05) is 17.8 Å². The summed E-state index contributed by atoms with van der Waals surface area (Å²) in [5.41, 5.74) is -0.0999. The second-order valence-corrected chi connectivity index (χ2v) is 4.48. The number of halogens is 3. The van der Waals surface area contributed by atoms with Gasteiger partial charge < -0.3 is 19.9 Å². The summed E-state index contributed by atoms with van der Waals surface area (Å²) in [5.74, 6) is -2.55. The average Bonchev–Trinajstić information content (AvgIpc) is 2.51. The van der Waals surface area contributed by atoms with Crippen LogP contribution in [0.25, 0.3) is 0 Å². The molecule has 1 unspecified atom stereocenters. The zero-order chi connectivity index (χ0) is 18.2. The van der Waals surface area contributed by atoms with Gasteiger partial charge in [0.25, 0.3) is 5.91 Å². The molecule has 10 heteroatoms. The first-order valence-electron chi connectivity index (χ1n) is 6.61. The minimum Gasteiger partial charge on any atom is -0.480 e. The number of carbonyl (C=O) groups is 2. The summed E-state index contributed by atoms with van der Waals surface area (Å²) in [6.45, 7) is 1.64. The average molecular weight is 348 g/mol. The molecule has 0 bridgehead atoms. The third kappa shape index (κ3) is 7.09. The summed E-state index contributed by atoms with van der Waals surface area (Å²) in [6, 6.07) is 0.856. The maximum atomic E-state index is 12.1. The van der Waals surface area contributed by atoms with Crippen LogP contribution in [0.15, 0.2) is 31.0 Å². The lowest BCUT2D eigenvalue weighted by Gasteiger charge is -2.14. The highest BCUT2D eigenvalue weighted by molar-refractivity contribution is 5.96. The van der Waals surface area contributed by atoms with E-state index in [2.05, 4.69) is 21.6 Å². The van der Waals surface area contributed by atoms with E-state index in [0.29, 0.717) is 0 Å². The SMILES string of the molecule is C=CCOCC(NC(=O)c1ccnc(OCC(F)(F)F)c1)C(=O)O. The largest absolute Gasteiger partial charge is 0.480 e. The van der Waals surface area contributed by atoms with Gasteiger partial charge in [0.2, 0.25) is 5.88 Å². The number of amides is 1. The molecule has 132 valence electrons. The Balaban J connectivity index is 2.71. The fourth-order valence-electron chi connectivity index (χ4n) is 1.47. The standard InChI is InChI=1S/C14H15F3N2O5/c1-2-5-23-7-10(13(21)22)19-12(20)9-3-4-18-11(6-9)24-8-14(15,16)17/h2-4,6,10H,1,5,7-8H2,(H,19,20)(H,21,22). The quantitative estimate of drug-likeness (QED) is 0.517. The van der Waals surface area contributed by atoms with Crippen LogP contribution in [0.1, 0.15) is 10.4 Å². The highest BCUT2D eigenvalue weighted by atomic mass is 19.4. The Kier molecular flexibility index (Phi) is 7.18. The predicted molar refractivity (Wildman–Crippen MR) is 75.7 cm³/mol. The molecule has 0 aromatic carbocycles. The molecule has 0 radical (unpaired) electrons. The highest BCUT2D eigenvalue weighted by Gasteiger charge is 2.29. The van der Waals surface area contributed by atoms with Crippen molar-refractivity contribution in [1.29, 1.82) is 0 Å². The molecular formula is C14H15F3N2O5. The Morgan fingerprint density at radius 1 is 1.46 bits per heavy atom. The van der Waals surface area contributed by atoms with Gasteiger partial charge in [-0.1, -0.05) is 6.08 Å². The van der Waals surface area contributed by atoms with E-state index in [9.17, 15) is 22.8 Å². The zero-order valence-electron chi connectivity index (χ0n) is 12.4. The second kappa shape index (κ2) is 8.87. The van der Waals surface area contributed by atoms with Crippen molar-refractivity contribution in [2.24, 2.45) is 0 Å². The number of hydrogen-bond acceptors (Lipinski definition) is 5. The molecule has 0 aliphatic heterocycles. The monoisotopic (exact) mass is 348 g/mol. The number of nitrogens with one attached hydrogen (secondary N) is 1. The van der Waals surface area contributed by atoms with Gasteiger partial charge in [0.05, 0.1) is 13.2 Å². The fraction of sp³-hybridized carbons (Fsp3) is 0.357. The van der Waals surface area contributed by atoms with Gasteiger partial charge in [-0.15, -0.1) is 6.58 Å². The summed E-state index contributed by atoms with van der Waals surface area (Å²) in [5, 5.41) is 11.2. The van der Waals surface area contributed by atoms with Crippen molar-refractivity contribution in [3.63, 3.8) is 0 Å². The van der Waals surface area contributed by atoms with E-state index in [1.54, 1.807) is 0 Å². The molecule has 1 aromatic heterocycles. The smallest absolute Gasteiger partial charge is 0.422 e.